The second-order valence-electron chi connectivity index (χ2n) is 7.89. The molecule has 2 heterocycles. The molecule has 4 aromatic rings. The summed E-state index contributed by atoms with van der Waals surface area (Å²) in [7, 11) is 1.48. The summed E-state index contributed by atoms with van der Waals surface area (Å²) in [6.45, 7) is 2.07. The van der Waals surface area contributed by atoms with Crippen LogP contribution >= 0.6 is 31.9 Å². The first kappa shape index (κ1) is 26.4. The standard InChI is InChI=1S/C25H21Br2N5O5/c1-3-4-5-23-30-20-8-6-16(26)11-18(20)25(33)31(23)29-13-15-10-21(36-2)22(12-19(15)27)37-24-9-7-17(14-28-24)32(34)35/h6-14H,3-5H2,1-2H3. The number of hydrogen-bond acceptors (Lipinski definition) is 8. The van der Waals surface area contributed by atoms with Crippen LogP contribution in [-0.4, -0.2) is 32.9 Å². The lowest BCUT2D eigenvalue weighted by molar-refractivity contribution is -0.385. The van der Waals surface area contributed by atoms with Crippen LogP contribution in [0.2, 0.25) is 0 Å². The molecule has 0 bridgehead atoms. The van der Waals surface area contributed by atoms with E-state index in [-0.39, 0.29) is 17.1 Å². The quantitative estimate of drug-likeness (QED) is 0.122. The molecule has 0 amide bonds. The molecule has 12 heteroatoms. The fourth-order valence-electron chi connectivity index (χ4n) is 3.47. The molecule has 0 aliphatic heterocycles. The number of fused-ring (bicyclic) bond motifs is 1. The molecule has 2 aromatic carbocycles. The average Bonchev–Trinajstić information content (AvgIpc) is 2.88. The Bertz CT molecular complexity index is 1550. The van der Waals surface area contributed by atoms with Crippen LogP contribution in [0.1, 0.15) is 31.2 Å². The number of nitrogens with zero attached hydrogens (tertiary/aromatic N) is 5. The maximum Gasteiger partial charge on any atom is 0.287 e. The van der Waals surface area contributed by atoms with Crippen molar-refractivity contribution in [3.8, 4) is 17.4 Å². The summed E-state index contributed by atoms with van der Waals surface area (Å²) in [5, 5.41) is 15.8. The number of rotatable bonds is 9. The highest BCUT2D eigenvalue weighted by atomic mass is 79.9. The molecule has 0 aliphatic rings. The molecule has 37 heavy (non-hydrogen) atoms. The van der Waals surface area contributed by atoms with Crippen LogP contribution < -0.4 is 15.0 Å². The minimum Gasteiger partial charge on any atom is -0.493 e. The molecular formula is C25H21Br2N5O5. The Labute approximate surface area is 228 Å². The zero-order valence-electron chi connectivity index (χ0n) is 19.9. The smallest absolute Gasteiger partial charge is 0.287 e. The Morgan fingerprint density at radius 1 is 1.16 bits per heavy atom. The molecule has 0 saturated carbocycles. The van der Waals surface area contributed by atoms with Gasteiger partial charge in [-0.05, 0) is 52.7 Å². The number of nitro groups is 1. The second kappa shape index (κ2) is 11.6. The van der Waals surface area contributed by atoms with E-state index in [1.54, 1.807) is 24.4 Å². The van der Waals surface area contributed by atoms with Gasteiger partial charge in [0, 0.05) is 33.1 Å². The Morgan fingerprint density at radius 3 is 2.65 bits per heavy atom. The van der Waals surface area contributed by atoms with E-state index in [0.717, 1.165) is 23.5 Å². The molecule has 0 N–H and O–H groups in total. The summed E-state index contributed by atoms with van der Waals surface area (Å²) in [5.41, 5.74) is 0.843. The first-order valence-corrected chi connectivity index (χ1v) is 12.8. The number of hydrogen-bond donors (Lipinski definition) is 0. The van der Waals surface area contributed by atoms with Crippen molar-refractivity contribution in [3.63, 3.8) is 0 Å². The number of ether oxygens (including phenoxy) is 2. The van der Waals surface area contributed by atoms with E-state index in [0.29, 0.717) is 44.7 Å². The monoisotopic (exact) mass is 629 g/mol. The molecule has 2 aromatic heterocycles. The predicted octanol–water partition coefficient (Wildman–Crippen LogP) is 6.25. The average molecular weight is 631 g/mol. The molecule has 0 aliphatic carbocycles. The molecule has 10 nitrogen and oxygen atoms in total. The van der Waals surface area contributed by atoms with Crippen LogP contribution in [0.3, 0.4) is 0 Å². The first-order valence-electron chi connectivity index (χ1n) is 11.2. The van der Waals surface area contributed by atoms with Gasteiger partial charge in [-0.25, -0.2) is 9.97 Å². The molecule has 0 atom stereocenters. The molecule has 0 radical (unpaired) electrons. The fraction of sp³-hybridized carbons (Fsp3) is 0.200. The number of benzene rings is 2. The van der Waals surface area contributed by atoms with E-state index in [9.17, 15) is 14.9 Å². The lowest BCUT2D eigenvalue weighted by atomic mass is 10.2. The van der Waals surface area contributed by atoms with E-state index in [2.05, 4.69) is 53.9 Å². The van der Waals surface area contributed by atoms with Gasteiger partial charge in [-0.2, -0.15) is 9.78 Å². The van der Waals surface area contributed by atoms with Gasteiger partial charge in [-0.3, -0.25) is 14.9 Å². The summed E-state index contributed by atoms with van der Waals surface area (Å²) in [6.07, 6.45) is 5.08. The van der Waals surface area contributed by atoms with Crippen molar-refractivity contribution in [2.24, 2.45) is 5.10 Å². The van der Waals surface area contributed by atoms with Gasteiger partial charge in [0.1, 0.15) is 12.0 Å². The van der Waals surface area contributed by atoms with E-state index in [4.69, 9.17) is 9.47 Å². The largest absolute Gasteiger partial charge is 0.493 e. The minimum atomic E-state index is -0.537. The third kappa shape index (κ3) is 6.03. The summed E-state index contributed by atoms with van der Waals surface area (Å²) < 4.78 is 14.0. The van der Waals surface area contributed by atoms with Gasteiger partial charge >= 0.3 is 0 Å². The van der Waals surface area contributed by atoms with Gasteiger partial charge in [-0.1, -0.05) is 29.3 Å². The van der Waals surface area contributed by atoms with Crippen molar-refractivity contribution in [2.45, 2.75) is 26.2 Å². The van der Waals surface area contributed by atoms with Gasteiger partial charge in [-0.15, -0.1) is 0 Å². The number of halogens is 2. The van der Waals surface area contributed by atoms with Gasteiger partial charge in [0.2, 0.25) is 5.88 Å². The van der Waals surface area contributed by atoms with Crippen LogP contribution in [0.4, 0.5) is 5.69 Å². The highest BCUT2D eigenvalue weighted by Crippen LogP contribution is 2.35. The third-order valence-electron chi connectivity index (χ3n) is 5.37. The first-order chi connectivity index (χ1) is 17.8. The highest BCUT2D eigenvalue weighted by Gasteiger charge is 2.14. The second-order valence-corrected chi connectivity index (χ2v) is 9.66. The Balaban J connectivity index is 1.70. The van der Waals surface area contributed by atoms with Crippen LogP contribution in [0.15, 0.2) is 67.5 Å². The zero-order valence-corrected chi connectivity index (χ0v) is 23.0. The number of unbranched alkanes of at least 4 members (excludes halogenated alkanes) is 1. The third-order valence-corrected chi connectivity index (χ3v) is 6.55. The minimum absolute atomic E-state index is 0.142. The summed E-state index contributed by atoms with van der Waals surface area (Å²) in [5.74, 6) is 1.46. The lowest BCUT2D eigenvalue weighted by Crippen LogP contribution is -2.22. The molecule has 4 rings (SSSR count). The molecule has 0 unspecified atom stereocenters. The van der Waals surface area contributed by atoms with E-state index < -0.39 is 4.92 Å². The van der Waals surface area contributed by atoms with Crippen molar-refractivity contribution in [2.75, 3.05) is 7.11 Å². The SMILES string of the molecule is CCCCc1nc2ccc(Br)cc2c(=O)n1N=Cc1cc(OC)c(Oc2ccc([N+](=O)[O-])cn2)cc1Br. The number of aryl methyl sites for hydroxylation is 1. The molecule has 0 spiro atoms. The summed E-state index contributed by atoms with van der Waals surface area (Å²) >= 11 is 6.92. The van der Waals surface area contributed by atoms with E-state index >= 15 is 0 Å². The number of aromatic nitrogens is 3. The van der Waals surface area contributed by atoms with Gasteiger partial charge < -0.3 is 9.47 Å². The number of pyridine rings is 1. The normalized spacial score (nSPS) is 11.2. The van der Waals surface area contributed by atoms with Crippen molar-refractivity contribution in [3.05, 3.63) is 89.5 Å². The topological polar surface area (TPSA) is 122 Å². The van der Waals surface area contributed by atoms with Gasteiger partial charge in [0.25, 0.3) is 11.2 Å². The Hall–Kier alpha value is -3.64. The lowest BCUT2D eigenvalue weighted by Gasteiger charge is -2.12. The van der Waals surface area contributed by atoms with Crippen molar-refractivity contribution >= 4 is 54.7 Å². The van der Waals surface area contributed by atoms with E-state index in [1.807, 2.05) is 12.1 Å². The Morgan fingerprint density at radius 2 is 1.97 bits per heavy atom. The van der Waals surface area contributed by atoms with Crippen LogP contribution in [0.25, 0.3) is 10.9 Å². The maximum absolute atomic E-state index is 13.3. The number of methoxy groups -OCH3 is 1. The van der Waals surface area contributed by atoms with E-state index in [1.165, 1.54) is 23.9 Å². The van der Waals surface area contributed by atoms with Crippen molar-refractivity contribution in [1.29, 1.82) is 0 Å². The molecule has 0 saturated heterocycles. The van der Waals surface area contributed by atoms with Crippen molar-refractivity contribution < 1.29 is 14.4 Å². The van der Waals surface area contributed by atoms with Crippen LogP contribution in [-0.2, 0) is 6.42 Å². The zero-order chi connectivity index (χ0) is 26.5. The molecular weight excluding hydrogens is 610 g/mol. The Kier molecular flexibility index (Phi) is 8.29. The fourth-order valence-corrected chi connectivity index (χ4v) is 4.26. The van der Waals surface area contributed by atoms with Crippen LogP contribution in [0.5, 0.6) is 17.4 Å². The summed E-state index contributed by atoms with van der Waals surface area (Å²) in [6, 6.07) is 11.5. The van der Waals surface area contributed by atoms with Gasteiger partial charge in [0.15, 0.2) is 11.5 Å². The highest BCUT2D eigenvalue weighted by molar-refractivity contribution is 9.10. The summed E-state index contributed by atoms with van der Waals surface area (Å²) in [4.78, 5) is 32.3. The molecule has 190 valence electrons. The van der Waals surface area contributed by atoms with Gasteiger partial charge in [0.05, 0.1) is 29.2 Å². The molecule has 0 fully saturated rings. The van der Waals surface area contributed by atoms with Crippen molar-refractivity contribution in [1.82, 2.24) is 14.6 Å². The predicted molar refractivity (Wildman–Crippen MR) is 147 cm³/mol. The van der Waals surface area contributed by atoms with Crippen LogP contribution in [0, 0.1) is 10.1 Å². The maximum atomic E-state index is 13.3.